The van der Waals surface area contributed by atoms with Crippen molar-refractivity contribution in [2.24, 2.45) is 0 Å². The molecule has 0 bridgehead atoms. The number of methoxy groups -OCH3 is 1. The minimum atomic E-state index is 0. The van der Waals surface area contributed by atoms with E-state index in [4.69, 9.17) is 16.2 Å². The Morgan fingerprint density at radius 2 is 2.00 bits per heavy atom. The first-order valence-corrected chi connectivity index (χ1v) is 2.79. The van der Waals surface area contributed by atoms with Crippen LogP contribution in [0.15, 0.2) is 12.3 Å². The predicted molar refractivity (Wildman–Crippen MR) is 46.9 cm³/mol. The fraction of sp³-hybridized carbons (Fsp3) is 0.167. The third-order valence-electron chi connectivity index (χ3n) is 1.15. The first-order valence-electron chi connectivity index (χ1n) is 2.79. The second kappa shape index (κ2) is 3.88. The van der Waals surface area contributed by atoms with Crippen molar-refractivity contribution >= 4 is 23.8 Å². The molecule has 11 heavy (non-hydrogen) atoms. The molecule has 4 N–H and O–H groups in total. The van der Waals surface area contributed by atoms with Crippen molar-refractivity contribution in [2.45, 2.75) is 0 Å². The molecule has 0 saturated heterocycles. The highest BCUT2D eigenvalue weighted by molar-refractivity contribution is 5.85. The third-order valence-corrected chi connectivity index (χ3v) is 1.15. The molecule has 0 amide bonds. The van der Waals surface area contributed by atoms with E-state index in [1.807, 2.05) is 0 Å². The van der Waals surface area contributed by atoms with Gasteiger partial charge in [-0.1, -0.05) is 0 Å². The van der Waals surface area contributed by atoms with E-state index in [2.05, 4.69) is 4.98 Å². The smallest absolute Gasteiger partial charge is 0.215 e. The van der Waals surface area contributed by atoms with E-state index in [1.165, 1.54) is 13.3 Å². The first kappa shape index (κ1) is 9.84. The average Bonchev–Trinajstić information content (AvgIpc) is 1.95. The van der Waals surface area contributed by atoms with Gasteiger partial charge in [0.2, 0.25) is 5.88 Å². The highest BCUT2D eigenvalue weighted by Gasteiger charge is 1.96. The Morgan fingerprint density at radius 1 is 1.36 bits per heavy atom. The number of nitrogen functional groups attached to an aromatic ring is 2. The summed E-state index contributed by atoms with van der Waals surface area (Å²) in [7, 11) is 1.53. The van der Waals surface area contributed by atoms with Gasteiger partial charge in [0.25, 0.3) is 0 Å². The second-order valence-electron chi connectivity index (χ2n) is 1.86. The highest BCUT2D eigenvalue weighted by Crippen LogP contribution is 2.17. The molecule has 0 fully saturated rings. The number of hydrogen-bond acceptors (Lipinski definition) is 4. The van der Waals surface area contributed by atoms with E-state index < -0.39 is 0 Å². The molecule has 1 aromatic rings. The molecular formula is C6H10ClN3O. The molecule has 0 aliphatic carbocycles. The van der Waals surface area contributed by atoms with Crippen molar-refractivity contribution in [1.29, 1.82) is 0 Å². The molecule has 1 rings (SSSR count). The maximum atomic E-state index is 5.45. The van der Waals surface area contributed by atoms with Crippen molar-refractivity contribution in [3.05, 3.63) is 12.3 Å². The van der Waals surface area contributed by atoms with Gasteiger partial charge in [-0.15, -0.1) is 12.4 Å². The fourth-order valence-electron chi connectivity index (χ4n) is 0.573. The molecule has 1 aromatic heterocycles. The first-order chi connectivity index (χ1) is 4.74. The molecule has 5 heteroatoms. The average molecular weight is 176 g/mol. The Hall–Kier alpha value is -1.16. The predicted octanol–water partition coefficient (Wildman–Crippen LogP) is 0.676. The second-order valence-corrected chi connectivity index (χ2v) is 1.86. The van der Waals surface area contributed by atoms with E-state index in [0.29, 0.717) is 17.3 Å². The normalized spacial score (nSPS) is 8.45. The monoisotopic (exact) mass is 175 g/mol. The van der Waals surface area contributed by atoms with Crippen LogP contribution < -0.4 is 16.2 Å². The van der Waals surface area contributed by atoms with Crippen LogP contribution in [0, 0.1) is 0 Å². The van der Waals surface area contributed by atoms with Crippen LogP contribution in [-0.4, -0.2) is 12.1 Å². The quantitative estimate of drug-likeness (QED) is 0.658. The number of nitrogens with two attached hydrogens (primary N) is 2. The van der Waals surface area contributed by atoms with Gasteiger partial charge in [-0.2, -0.15) is 0 Å². The lowest BCUT2D eigenvalue weighted by Crippen LogP contribution is -1.96. The minimum absolute atomic E-state index is 0. The molecule has 4 nitrogen and oxygen atoms in total. The van der Waals surface area contributed by atoms with Gasteiger partial charge in [0, 0.05) is 6.07 Å². The van der Waals surface area contributed by atoms with Crippen molar-refractivity contribution in [3.8, 4) is 5.88 Å². The Labute approximate surface area is 71.0 Å². The summed E-state index contributed by atoms with van der Waals surface area (Å²) in [5, 5.41) is 0. The summed E-state index contributed by atoms with van der Waals surface area (Å²) in [6.07, 6.45) is 1.47. The number of nitrogens with zero attached hydrogens (tertiary/aromatic N) is 1. The Kier molecular flexibility index (Phi) is 3.47. The van der Waals surface area contributed by atoms with Crippen LogP contribution in [0.2, 0.25) is 0 Å². The van der Waals surface area contributed by atoms with E-state index in [1.54, 1.807) is 6.07 Å². The van der Waals surface area contributed by atoms with Gasteiger partial charge in [-0.3, -0.25) is 0 Å². The van der Waals surface area contributed by atoms with Crippen LogP contribution >= 0.6 is 12.4 Å². The van der Waals surface area contributed by atoms with Gasteiger partial charge in [-0.25, -0.2) is 4.98 Å². The molecule has 1 heterocycles. The topological polar surface area (TPSA) is 74.2 Å². The third kappa shape index (κ3) is 2.16. The van der Waals surface area contributed by atoms with E-state index in [-0.39, 0.29) is 12.4 Å². The minimum Gasteiger partial charge on any atom is -0.481 e. The molecular weight excluding hydrogens is 166 g/mol. The van der Waals surface area contributed by atoms with Crippen LogP contribution in [0.5, 0.6) is 5.88 Å². The van der Waals surface area contributed by atoms with E-state index >= 15 is 0 Å². The van der Waals surface area contributed by atoms with Crippen molar-refractivity contribution < 1.29 is 4.74 Å². The van der Waals surface area contributed by atoms with Crippen LogP contribution in [0.1, 0.15) is 0 Å². The van der Waals surface area contributed by atoms with Gasteiger partial charge in [0.05, 0.1) is 24.7 Å². The fourth-order valence-corrected chi connectivity index (χ4v) is 0.573. The summed E-state index contributed by atoms with van der Waals surface area (Å²) in [5.41, 5.74) is 11.8. The largest absolute Gasteiger partial charge is 0.481 e. The molecule has 0 aliphatic heterocycles. The number of hydrogen-bond donors (Lipinski definition) is 2. The lowest BCUT2D eigenvalue weighted by Gasteiger charge is -2.00. The summed E-state index contributed by atoms with van der Waals surface area (Å²) in [4.78, 5) is 3.83. The molecule has 0 radical (unpaired) electrons. The maximum absolute atomic E-state index is 5.45. The van der Waals surface area contributed by atoms with E-state index in [0.717, 1.165) is 0 Å². The standard InChI is InChI=1S/C6H9N3O.ClH/c1-10-6-2-4(7)5(8)3-9-6;/h2-3H,8H2,1H3,(H2,7,9);1H. The maximum Gasteiger partial charge on any atom is 0.215 e. The number of pyridine rings is 1. The van der Waals surface area contributed by atoms with E-state index in [9.17, 15) is 0 Å². The summed E-state index contributed by atoms with van der Waals surface area (Å²) < 4.78 is 4.80. The zero-order valence-electron chi connectivity index (χ0n) is 6.07. The highest BCUT2D eigenvalue weighted by atomic mass is 35.5. The number of ether oxygens (including phenoxy) is 1. The number of aromatic nitrogens is 1. The zero-order chi connectivity index (χ0) is 7.56. The molecule has 0 saturated carbocycles. The van der Waals surface area contributed by atoms with Crippen LogP contribution in [0.25, 0.3) is 0 Å². The SMILES string of the molecule is COc1cc(N)c(N)cn1.Cl. The summed E-state index contributed by atoms with van der Waals surface area (Å²) >= 11 is 0. The molecule has 0 spiro atoms. The number of anilines is 2. The Bertz CT molecular complexity index is 241. The molecule has 0 atom stereocenters. The Balaban J connectivity index is 0.000001000. The summed E-state index contributed by atoms with van der Waals surface area (Å²) in [5.74, 6) is 0.478. The van der Waals surface area contributed by atoms with Gasteiger partial charge in [-0.05, 0) is 0 Å². The van der Waals surface area contributed by atoms with Crippen LogP contribution in [0.3, 0.4) is 0 Å². The number of rotatable bonds is 1. The van der Waals surface area contributed by atoms with Crippen molar-refractivity contribution in [2.75, 3.05) is 18.6 Å². The van der Waals surface area contributed by atoms with Crippen LogP contribution in [-0.2, 0) is 0 Å². The number of halogens is 1. The molecule has 0 aromatic carbocycles. The summed E-state index contributed by atoms with van der Waals surface area (Å²) in [6, 6.07) is 1.58. The zero-order valence-corrected chi connectivity index (χ0v) is 6.89. The van der Waals surface area contributed by atoms with Crippen molar-refractivity contribution in [1.82, 2.24) is 4.98 Å². The summed E-state index contributed by atoms with van der Waals surface area (Å²) in [6.45, 7) is 0. The Morgan fingerprint density at radius 3 is 2.45 bits per heavy atom. The molecule has 0 aliphatic rings. The van der Waals surface area contributed by atoms with Gasteiger partial charge >= 0.3 is 0 Å². The lowest BCUT2D eigenvalue weighted by atomic mass is 10.3. The lowest BCUT2D eigenvalue weighted by molar-refractivity contribution is 0.398. The van der Waals surface area contributed by atoms with Crippen LogP contribution in [0.4, 0.5) is 11.4 Å². The van der Waals surface area contributed by atoms with Gasteiger partial charge < -0.3 is 16.2 Å². The molecule has 62 valence electrons. The van der Waals surface area contributed by atoms with Crippen molar-refractivity contribution in [3.63, 3.8) is 0 Å². The van der Waals surface area contributed by atoms with Gasteiger partial charge in [0.15, 0.2) is 0 Å². The molecule has 0 unspecified atom stereocenters. The van der Waals surface area contributed by atoms with Gasteiger partial charge in [0.1, 0.15) is 0 Å².